The van der Waals surface area contributed by atoms with Crippen LogP contribution in [-0.2, 0) is 10.0 Å². The number of aromatic nitrogens is 4. The first-order valence-corrected chi connectivity index (χ1v) is 9.47. The minimum absolute atomic E-state index is 0.0696. The standard InChI is InChI=1S/C14H17N7O2S2/c1-20(2)13-10(8-15-14(16-13)21(3)4)19-25(22,23)11-7-5-6-9-12(11)18-24-17-9/h5-8,19H,1-4H3. The molecule has 0 saturated heterocycles. The van der Waals surface area contributed by atoms with Crippen molar-refractivity contribution in [3.05, 3.63) is 24.4 Å². The molecule has 3 aromatic rings. The summed E-state index contributed by atoms with van der Waals surface area (Å²) in [5, 5.41) is 0. The molecule has 0 aliphatic heterocycles. The Morgan fingerprint density at radius 2 is 1.84 bits per heavy atom. The van der Waals surface area contributed by atoms with Gasteiger partial charge in [-0.15, -0.1) is 0 Å². The lowest BCUT2D eigenvalue weighted by Gasteiger charge is -2.19. The van der Waals surface area contributed by atoms with Crippen molar-refractivity contribution >= 4 is 50.2 Å². The van der Waals surface area contributed by atoms with Gasteiger partial charge in [-0.25, -0.2) is 13.4 Å². The topological polar surface area (TPSA) is 104 Å². The summed E-state index contributed by atoms with van der Waals surface area (Å²) < 4.78 is 36.4. The van der Waals surface area contributed by atoms with Crippen molar-refractivity contribution in [2.45, 2.75) is 4.90 Å². The third kappa shape index (κ3) is 3.33. The van der Waals surface area contributed by atoms with Crippen LogP contribution in [0.25, 0.3) is 11.0 Å². The maximum atomic E-state index is 12.8. The monoisotopic (exact) mass is 379 g/mol. The second-order valence-electron chi connectivity index (χ2n) is 5.69. The molecular weight excluding hydrogens is 362 g/mol. The first-order valence-electron chi connectivity index (χ1n) is 7.25. The van der Waals surface area contributed by atoms with Crippen LogP contribution in [0, 0.1) is 0 Å². The SMILES string of the molecule is CN(C)c1ncc(NS(=O)(=O)c2cccc3nsnc23)c(N(C)C)n1. The van der Waals surface area contributed by atoms with Crippen molar-refractivity contribution in [1.29, 1.82) is 0 Å². The quantitative estimate of drug-likeness (QED) is 0.710. The summed E-state index contributed by atoms with van der Waals surface area (Å²) in [6.07, 6.45) is 1.45. The molecule has 132 valence electrons. The Bertz CT molecular complexity index is 1010. The molecule has 2 heterocycles. The van der Waals surface area contributed by atoms with E-state index in [4.69, 9.17) is 0 Å². The van der Waals surface area contributed by atoms with Gasteiger partial charge in [-0.2, -0.15) is 13.7 Å². The highest BCUT2D eigenvalue weighted by molar-refractivity contribution is 7.93. The van der Waals surface area contributed by atoms with Gasteiger partial charge in [0.2, 0.25) is 5.95 Å². The van der Waals surface area contributed by atoms with E-state index in [0.29, 0.717) is 22.8 Å². The van der Waals surface area contributed by atoms with Crippen LogP contribution in [0.5, 0.6) is 0 Å². The Morgan fingerprint density at radius 3 is 2.52 bits per heavy atom. The van der Waals surface area contributed by atoms with E-state index in [9.17, 15) is 8.42 Å². The molecule has 25 heavy (non-hydrogen) atoms. The molecule has 0 amide bonds. The van der Waals surface area contributed by atoms with Crippen LogP contribution in [0.1, 0.15) is 0 Å². The van der Waals surface area contributed by atoms with E-state index in [1.807, 2.05) is 14.1 Å². The molecule has 1 N–H and O–H groups in total. The van der Waals surface area contributed by atoms with E-state index in [0.717, 1.165) is 11.7 Å². The number of sulfonamides is 1. The number of hydrogen-bond acceptors (Lipinski definition) is 9. The van der Waals surface area contributed by atoms with E-state index in [2.05, 4.69) is 23.4 Å². The molecule has 9 nitrogen and oxygen atoms in total. The minimum Gasteiger partial charge on any atom is -0.361 e. The van der Waals surface area contributed by atoms with Gasteiger partial charge in [-0.3, -0.25) is 4.72 Å². The minimum atomic E-state index is -3.87. The number of benzene rings is 1. The Labute approximate surface area is 149 Å². The molecule has 0 radical (unpaired) electrons. The summed E-state index contributed by atoms with van der Waals surface area (Å²) >= 11 is 0.972. The Balaban J connectivity index is 2.05. The van der Waals surface area contributed by atoms with Crippen LogP contribution in [0.3, 0.4) is 0 Å². The van der Waals surface area contributed by atoms with Gasteiger partial charge in [-0.1, -0.05) is 6.07 Å². The van der Waals surface area contributed by atoms with Crippen LogP contribution in [0.15, 0.2) is 29.3 Å². The normalized spacial score (nSPS) is 11.5. The van der Waals surface area contributed by atoms with E-state index in [-0.39, 0.29) is 10.6 Å². The lowest BCUT2D eigenvalue weighted by atomic mass is 10.3. The van der Waals surface area contributed by atoms with Crippen molar-refractivity contribution in [2.24, 2.45) is 0 Å². The Kier molecular flexibility index (Phi) is 4.43. The lowest BCUT2D eigenvalue weighted by Crippen LogP contribution is -2.21. The van der Waals surface area contributed by atoms with Gasteiger partial charge in [0.25, 0.3) is 10.0 Å². The number of rotatable bonds is 5. The van der Waals surface area contributed by atoms with Crippen LogP contribution >= 0.6 is 11.7 Å². The smallest absolute Gasteiger partial charge is 0.264 e. The number of nitrogens with one attached hydrogen (secondary N) is 1. The molecule has 0 unspecified atom stereocenters. The number of fused-ring (bicyclic) bond motifs is 1. The van der Waals surface area contributed by atoms with Crippen molar-refractivity contribution in [2.75, 3.05) is 42.7 Å². The van der Waals surface area contributed by atoms with Gasteiger partial charge in [0, 0.05) is 28.2 Å². The van der Waals surface area contributed by atoms with E-state index in [1.54, 1.807) is 36.0 Å². The molecule has 11 heteroatoms. The van der Waals surface area contributed by atoms with Gasteiger partial charge in [0.15, 0.2) is 5.82 Å². The van der Waals surface area contributed by atoms with Gasteiger partial charge in [-0.05, 0) is 12.1 Å². The zero-order valence-electron chi connectivity index (χ0n) is 14.1. The van der Waals surface area contributed by atoms with Crippen molar-refractivity contribution in [1.82, 2.24) is 18.7 Å². The van der Waals surface area contributed by atoms with Gasteiger partial charge in [0.1, 0.15) is 21.6 Å². The largest absolute Gasteiger partial charge is 0.361 e. The number of anilines is 3. The molecule has 0 saturated carbocycles. The molecule has 0 fully saturated rings. The highest BCUT2D eigenvalue weighted by Gasteiger charge is 2.22. The van der Waals surface area contributed by atoms with Crippen LogP contribution in [0.2, 0.25) is 0 Å². The predicted molar refractivity (Wildman–Crippen MR) is 98.9 cm³/mol. The van der Waals surface area contributed by atoms with Crippen molar-refractivity contribution in [3.63, 3.8) is 0 Å². The molecular formula is C14H17N7O2S2. The second-order valence-corrected chi connectivity index (χ2v) is 7.87. The molecule has 3 rings (SSSR count). The zero-order valence-corrected chi connectivity index (χ0v) is 15.8. The van der Waals surface area contributed by atoms with E-state index < -0.39 is 10.0 Å². The lowest BCUT2D eigenvalue weighted by molar-refractivity contribution is 0.602. The first kappa shape index (κ1) is 17.3. The molecule has 1 aromatic carbocycles. The van der Waals surface area contributed by atoms with Crippen molar-refractivity contribution in [3.8, 4) is 0 Å². The molecule has 0 spiro atoms. The summed E-state index contributed by atoms with van der Waals surface area (Å²) in [5.41, 5.74) is 1.17. The number of hydrogen-bond donors (Lipinski definition) is 1. The average molecular weight is 379 g/mol. The first-order chi connectivity index (χ1) is 11.8. The molecule has 0 atom stereocenters. The third-order valence-corrected chi connectivity index (χ3v) is 5.30. The molecule has 0 aliphatic rings. The summed E-state index contributed by atoms with van der Waals surface area (Å²) in [4.78, 5) is 12.1. The van der Waals surface area contributed by atoms with E-state index >= 15 is 0 Å². The Morgan fingerprint density at radius 1 is 1.08 bits per heavy atom. The summed E-state index contributed by atoms with van der Waals surface area (Å²) in [6.45, 7) is 0. The number of nitrogens with zero attached hydrogens (tertiary/aromatic N) is 6. The van der Waals surface area contributed by atoms with Gasteiger partial charge >= 0.3 is 0 Å². The second kappa shape index (κ2) is 6.41. The predicted octanol–water partition coefficient (Wildman–Crippen LogP) is 1.41. The summed E-state index contributed by atoms with van der Waals surface area (Å²) in [5.74, 6) is 0.948. The van der Waals surface area contributed by atoms with Crippen LogP contribution in [0.4, 0.5) is 17.5 Å². The molecule has 2 aromatic heterocycles. The van der Waals surface area contributed by atoms with Crippen LogP contribution in [-0.4, -0.2) is 55.3 Å². The highest BCUT2D eigenvalue weighted by Crippen LogP contribution is 2.28. The van der Waals surface area contributed by atoms with Gasteiger partial charge in [0.05, 0.1) is 17.9 Å². The average Bonchev–Trinajstić information content (AvgIpc) is 3.02. The van der Waals surface area contributed by atoms with Crippen LogP contribution < -0.4 is 14.5 Å². The fourth-order valence-electron chi connectivity index (χ4n) is 2.19. The third-order valence-electron chi connectivity index (χ3n) is 3.36. The molecule has 0 bridgehead atoms. The zero-order chi connectivity index (χ0) is 18.2. The maximum Gasteiger partial charge on any atom is 0.264 e. The summed E-state index contributed by atoms with van der Waals surface area (Å²) in [7, 11) is 3.33. The summed E-state index contributed by atoms with van der Waals surface area (Å²) in [6, 6.07) is 4.85. The highest BCUT2D eigenvalue weighted by atomic mass is 32.2. The fourth-order valence-corrected chi connectivity index (χ4v) is 4.00. The van der Waals surface area contributed by atoms with Gasteiger partial charge < -0.3 is 9.80 Å². The van der Waals surface area contributed by atoms with Crippen molar-refractivity contribution < 1.29 is 8.42 Å². The van der Waals surface area contributed by atoms with E-state index in [1.165, 1.54) is 12.3 Å². The molecule has 0 aliphatic carbocycles. The fraction of sp³-hybridized carbons (Fsp3) is 0.286. The maximum absolute atomic E-state index is 12.8. The Hall–Kier alpha value is -2.53.